The maximum Gasteiger partial charge on any atom is 0.358 e. The summed E-state index contributed by atoms with van der Waals surface area (Å²) in [4.78, 5) is 65.1. The van der Waals surface area contributed by atoms with Gasteiger partial charge in [0.2, 0.25) is 0 Å². The molecule has 150 valence electrons. The monoisotopic (exact) mass is 386 g/mol. The Labute approximate surface area is 155 Å². The van der Waals surface area contributed by atoms with Gasteiger partial charge in [-0.3, -0.25) is 9.59 Å². The van der Waals surface area contributed by atoms with Crippen LogP contribution >= 0.6 is 0 Å². The van der Waals surface area contributed by atoms with Gasteiger partial charge in [-0.2, -0.15) is 0 Å². The van der Waals surface area contributed by atoms with Gasteiger partial charge in [-0.05, 0) is 25.7 Å². The SMILES string of the molecule is C=CC(=O)OCCOC(=O)CCC(=O)OOC(=O)C1CCC(C(=O)O)CC1. The first-order valence-corrected chi connectivity index (χ1v) is 8.42. The normalized spacial score (nSPS) is 18.7. The van der Waals surface area contributed by atoms with Crippen LogP contribution in [-0.4, -0.2) is 48.2 Å². The van der Waals surface area contributed by atoms with Gasteiger partial charge < -0.3 is 14.6 Å². The van der Waals surface area contributed by atoms with Gasteiger partial charge in [-0.25, -0.2) is 24.2 Å². The molecule has 1 saturated carbocycles. The molecule has 0 heterocycles. The first-order chi connectivity index (χ1) is 12.8. The Bertz CT molecular complexity index is 574. The summed E-state index contributed by atoms with van der Waals surface area (Å²) in [6, 6.07) is 0. The molecule has 0 aromatic heterocycles. The van der Waals surface area contributed by atoms with Crippen molar-refractivity contribution in [1.82, 2.24) is 0 Å². The van der Waals surface area contributed by atoms with Crippen molar-refractivity contribution in [3.05, 3.63) is 12.7 Å². The smallest absolute Gasteiger partial charge is 0.358 e. The van der Waals surface area contributed by atoms with E-state index in [4.69, 9.17) is 9.84 Å². The highest BCUT2D eigenvalue weighted by Gasteiger charge is 2.31. The van der Waals surface area contributed by atoms with Gasteiger partial charge in [0.15, 0.2) is 0 Å². The van der Waals surface area contributed by atoms with Crippen molar-refractivity contribution >= 4 is 29.8 Å². The molecule has 0 bridgehead atoms. The molecule has 0 spiro atoms. The molecule has 0 aromatic rings. The van der Waals surface area contributed by atoms with Crippen LogP contribution in [0, 0.1) is 11.8 Å². The number of carboxylic acid groups (broad SMARTS) is 1. The van der Waals surface area contributed by atoms with Crippen molar-refractivity contribution < 1.29 is 48.3 Å². The summed E-state index contributed by atoms with van der Waals surface area (Å²) in [6.45, 7) is 2.90. The highest BCUT2D eigenvalue weighted by atomic mass is 17.2. The lowest BCUT2D eigenvalue weighted by Crippen LogP contribution is -2.27. The Kier molecular flexibility index (Phi) is 9.55. The molecule has 1 aliphatic rings. The van der Waals surface area contributed by atoms with E-state index in [1.165, 1.54) is 0 Å². The third kappa shape index (κ3) is 8.84. The molecule has 0 amide bonds. The van der Waals surface area contributed by atoms with Crippen molar-refractivity contribution in [1.29, 1.82) is 0 Å². The molecular formula is C17H22O10. The van der Waals surface area contributed by atoms with E-state index in [1.807, 2.05) is 0 Å². The van der Waals surface area contributed by atoms with Crippen LogP contribution in [0.15, 0.2) is 12.7 Å². The lowest BCUT2D eigenvalue weighted by atomic mass is 9.82. The molecule has 0 unspecified atom stereocenters. The zero-order valence-corrected chi connectivity index (χ0v) is 14.7. The number of hydrogen-bond donors (Lipinski definition) is 1. The van der Waals surface area contributed by atoms with Crippen LogP contribution in [0.4, 0.5) is 0 Å². The summed E-state index contributed by atoms with van der Waals surface area (Å²) in [7, 11) is 0. The fraction of sp³-hybridized carbons (Fsp3) is 0.588. The van der Waals surface area contributed by atoms with Crippen LogP contribution < -0.4 is 0 Å². The van der Waals surface area contributed by atoms with Crippen molar-refractivity contribution in [2.45, 2.75) is 38.5 Å². The van der Waals surface area contributed by atoms with Gasteiger partial charge in [-0.15, -0.1) is 0 Å². The Morgan fingerprint density at radius 1 is 0.852 bits per heavy atom. The first kappa shape index (κ1) is 22.1. The quantitative estimate of drug-likeness (QED) is 0.200. The zero-order valence-electron chi connectivity index (χ0n) is 14.7. The maximum absolute atomic E-state index is 11.8. The molecular weight excluding hydrogens is 364 g/mol. The maximum atomic E-state index is 11.8. The van der Waals surface area contributed by atoms with E-state index in [0.717, 1.165) is 6.08 Å². The van der Waals surface area contributed by atoms with Gasteiger partial charge in [0.05, 0.1) is 24.7 Å². The minimum absolute atomic E-state index is 0.136. The molecule has 10 heteroatoms. The van der Waals surface area contributed by atoms with Gasteiger partial charge >= 0.3 is 29.8 Å². The Morgan fingerprint density at radius 3 is 2.00 bits per heavy atom. The molecule has 1 rings (SSSR count). The lowest BCUT2D eigenvalue weighted by Gasteiger charge is -2.23. The third-order valence-electron chi connectivity index (χ3n) is 3.92. The van der Waals surface area contributed by atoms with E-state index in [9.17, 15) is 24.0 Å². The topological polar surface area (TPSA) is 142 Å². The van der Waals surface area contributed by atoms with Crippen LogP contribution in [0.3, 0.4) is 0 Å². The molecule has 0 saturated heterocycles. The number of carbonyl (C=O) groups excluding carboxylic acids is 4. The summed E-state index contributed by atoms with van der Waals surface area (Å²) < 4.78 is 9.32. The van der Waals surface area contributed by atoms with E-state index in [1.54, 1.807) is 0 Å². The average Bonchev–Trinajstić information content (AvgIpc) is 2.67. The van der Waals surface area contributed by atoms with Gasteiger partial charge in [0.1, 0.15) is 13.2 Å². The molecule has 0 aliphatic heterocycles. The summed E-state index contributed by atoms with van der Waals surface area (Å²) >= 11 is 0. The average molecular weight is 386 g/mol. The van der Waals surface area contributed by atoms with Crippen molar-refractivity contribution in [3.8, 4) is 0 Å². The lowest BCUT2D eigenvalue weighted by molar-refractivity contribution is -0.263. The van der Waals surface area contributed by atoms with Crippen molar-refractivity contribution in [2.75, 3.05) is 13.2 Å². The zero-order chi connectivity index (χ0) is 20.2. The second kappa shape index (κ2) is 11.7. The van der Waals surface area contributed by atoms with Crippen molar-refractivity contribution in [3.63, 3.8) is 0 Å². The molecule has 0 aromatic carbocycles. The van der Waals surface area contributed by atoms with Crippen LogP contribution in [0.5, 0.6) is 0 Å². The number of esters is 2. The summed E-state index contributed by atoms with van der Waals surface area (Å²) in [6.07, 6.45) is 1.72. The van der Waals surface area contributed by atoms with Crippen LogP contribution in [0.1, 0.15) is 38.5 Å². The fourth-order valence-corrected chi connectivity index (χ4v) is 2.41. The Balaban J connectivity index is 2.13. The van der Waals surface area contributed by atoms with E-state index < -0.39 is 41.7 Å². The Morgan fingerprint density at radius 2 is 1.41 bits per heavy atom. The minimum Gasteiger partial charge on any atom is -0.481 e. The van der Waals surface area contributed by atoms with E-state index in [0.29, 0.717) is 25.7 Å². The third-order valence-corrected chi connectivity index (χ3v) is 3.92. The predicted molar refractivity (Wildman–Crippen MR) is 86.6 cm³/mol. The van der Waals surface area contributed by atoms with E-state index in [2.05, 4.69) is 21.1 Å². The van der Waals surface area contributed by atoms with Gasteiger partial charge in [-0.1, -0.05) is 6.58 Å². The molecule has 1 aliphatic carbocycles. The number of carboxylic acids is 1. The van der Waals surface area contributed by atoms with Crippen LogP contribution in [-0.2, 0) is 43.2 Å². The number of rotatable bonds is 9. The molecule has 1 fully saturated rings. The molecule has 27 heavy (non-hydrogen) atoms. The van der Waals surface area contributed by atoms with Crippen LogP contribution in [0.25, 0.3) is 0 Å². The summed E-state index contributed by atoms with van der Waals surface area (Å²) in [5.41, 5.74) is 0. The number of ether oxygens (including phenoxy) is 2. The summed E-state index contributed by atoms with van der Waals surface area (Å²) in [5.74, 6) is -4.89. The molecule has 1 N–H and O–H groups in total. The number of carbonyl (C=O) groups is 5. The molecule has 0 radical (unpaired) electrons. The minimum atomic E-state index is -0.919. The van der Waals surface area contributed by atoms with Crippen LogP contribution in [0.2, 0.25) is 0 Å². The predicted octanol–water partition coefficient (Wildman–Crippen LogP) is 0.931. The second-order valence-electron chi connectivity index (χ2n) is 5.84. The summed E-state index contributed by atoms with van der Waals surface area (Å²) in [5, 5.41) is 8.90. The van der Waals surface area contributed by atoms with Gasteiger partial charge in [0.25, 0.3) is 0 Å². The van der Waals surface area contributed by atoms with Gasteiger partial charge in [0, 0.05) is 6.08 Å². The largest absolute Gasteiger partial charge is 0.481 e. The fourth-order valence-electron chi connectivity index (χ4n) is 2.41. The second-order valence-corrected chi connectivity index (χ2v) is 5.84. The molecule has 0 atom stereocenters. The highest BCUT2D eigenvalue weighted by Crippen LogP contribution is 2.29. The Hall–Kier alpha value is -2.91. The molecule has 10 nitrogen and oxygen atoms in total. The van der Waals surface area contributed by atoms with Crippen molar-refractivity contribution in [2.24, 2.45) is 11.8 Å². The number of hydrogen-bond acceptors (Lipinski definition) is 9. The van der Waals surface area contributed by atoms with E-state index >= 15 is 0 Å². The first-order valence-electron chi connectivity index (χ1n) is 8.42. The van der Waals surface area contributed by atoms with E-state index in [-0.39, 0.29) is 26.1 Å². The standard InChI is InChI=1S/C17H22O10/c1-2-13(18)24-9-10-25-14(19)7-8-15(20)26-27-17(23)12-5-3-11(4-6-12)16(21)22/h2,11-12H,1,3-10H2,(H,21,22). The highest BCUT2D eigenvalue weighted by molar-refractivity contribution is 5.81. The number of aliphatic carboxylic acids is 1.